The lowest BCUT2D eigenvalue weighted by atomic mass is 10.0. The van der Waals surface area contributed by atoms with Crippen LogP contribution in [0.5, 0.6) is 0 Å². The molecule has 0 amide bonds. The number of nitriles is 1. The Labute approximate surface area is 226 Å². The number of carbonyl (C=O) groups excluding carboxylic acids is 4. The normalized spacial score (nSPS) is 8.92. The van der Waals surface area contributed by atoms with Gasteiger partial charge in [-0.05, 0) is 46.9 Å². The van der Waals surface area contributed by atoms with E-state index < -0.39 is 0 Å². The molecule has 0 aromatic heterocycles. The molecule has 6 N–H and O–H groups in total. The second-order valence-corrected chi connectivity index (χ2v) is 7.46. The van der Waals surface area contributed by atoms with Crippen LogP contribution in [0, 0.1) is 11.3 Å². The summed E-state index contributed by atoms with van der Waals surface area (Å²) in [5.41, 5.74) is 23.0. The monoisotopic (exact) mass is 520 g/mol. The number of rotatable bonds is 8. The van der Waals surface area contributed by atoms with E-state index >= 15 is 0 Å². The Morgan fingerprint density at radius 2 is 1.24 bits per heavy atom. The first kappa shape index (κ1) is 35.9. The molecular weight excluding hydrogens is 480 g/mol. The summed E-state index contributed by atoms with van der Waals surface area (Å²) in [6.45, 7) is 3.64. The topological polar surface area (TPSA) is 170 Å². The summed E-state index contributed by atoms with van der Waals surface area (Å²) in [6.07, 6.45) is 3.72. The minimum absolute atomic E-state index is 0. The van der Waals surface area contributed by atoms with Crippen LogP contribution in [0.25, 0.3) is 0 Å². The summed E-state index contributed by atoms with van der Waals surface area (Å²) in [7, 11) is 0. The molecule has 8 nitrogen and oxygen atoms in total. The van der Waals surface area contributed by atoms with Crippen molar-refractivity contribution in [3.8, 4) is 6.07 Å². The third-order valence-corrected chi connectivity index (χ3v) is 5.22. The SMILES string of the molecule is C.C.CCc1cc(CN)ccc1CN.N#Cc1cc(C=O)ccc1C=O.NCc1cc(C=O)ccc1C=O.[HH]. The molecule has 0 aliphatic heterocycles. The molecule has 0 aliphatic rings. The van der Waals surface area contributed by atoms with Crippen LogP contribution in [0.4, 0.5) is 0 Å². The molecule has 0 saturated carbocycles. The van der Waals surface area contributed by atoms with Crippen LogP contribution in [0.15, 0.2) is 54.6 Å². The molecule has 38 heavy (non-hydrogen) atoms. The summed E-state index contributed by atoms with van der Waals surface area (Å²) in [4.78, 5) is 41.4. The van der Waals surface area contributed by atoms with Crippen molar-refractivity contribution in [2.75, 3.05) is 0 Å². The fraction of sp³-hybridized carbons (Fsp3) is 0.233. The number of aryl methyl sites for hydroxylation is 1. The molecule has 0 saturated heterocycles. The molecule has 0 fully saturated rings. The van der Waals surface area contributed by atoms with E-state index in [1.165, 1.54) is 34.9 Å². The van der Waals surface area contributed by atoms with Gasteiger partial charge in [0, 0.05) is 43.3 Å². The number of aldehydes is 4. The van der Waals surface area contributed by atoms with Crippen LogP contribution < -0.4 is 17.2 Å². The number of hydrogen-bond donors (Lipinski definition) is 3. The zero-order chi connectivity index (χ0) is 26.9. The van der Waals surface area contributed by atoms with Gasteiger partial charge in [0.15, 0.2) is 6.29 Å². The summed E-state index contributed by atoms with van der Waals surface area (Å²) < 4.78 is 0. The van der Waals surface area contributed by atoms with Gasteiger partial charge >= 0.3 is 0 Å². The molecule has 8 heteroatoms. The zero-order valence-electron chi connectivity index (χ0n) is 20.1. The lowest BCUT2D eigenvalue weighted by Gasteiger charge is -2.06. The Kier molecular flexibility index (Phi) is 18.7. The first-order chi connectivity index (χ1) is 17.4. The molecular formula is C30H40N4O4. The van der Waals surface area contributed by atoms with Crippen molar-refractivity contribution in [3.05, 3.63) is 105 Å². The maximum Gasteiger partial charge on any atom is 0.151 e. The molecule has 0 atom stereocenters. The van der Waals surface area contributed by atoms with Gasteiger partial charge in [0.2, 0.25) is 0 Å². The lowest BCUT2D eigenvalue weighted by molar-refractivity contribution is 0.111. The molecule has 3 rings (SSSR count). The Morgan fingerprint density at radius 3 is 1.68 bits per heavy atom. The maximum atomic E-state index is 10.4. The minimum Gasteiger partial charge on any atom is -0.326 e. The molecule has 0 radical (unpaired) electrons. The summed E-state index contributed by atoms with van der Waals surface area (Å²) in [6, 6.07) is 17.2. The van der Waals surface area contributed by atoms with E-state index in [1.807, 2.05) is 12.1 Å². The Hall–Kier alpha value is -4.29. The van der Waals surface area contributed by atoms with Crippen molar-refractivity contribution in [2.45, 2.75) is 47.8 Å². The van der Waals surface area contributed by atoms with Crippen molar-refractivity contribution in [1.82, 2.24) is 0 Å². The van der Waals surface area contributed by atoms with Gasteiger partial charge in [-0.1, -0.05) is 58.2 Å². The highest BCUT2D eigenvalue weighted by molar-refractivity contribution is 5.83. The molecule has 0 aliphatic carbocycles. The number of benzene rings is 3. The highest BCUT2D eigenvalue weighted by atomic mass is 16.1. The van der Waals surface area contributed by atoms with E-state index in [1.54, 1.807) is 18.2 Å². The van der Waals surface area contributed by atoms with Crippen LogP contribution in [0.2, 0.25) is 0 Å². The average Bonchev–Trinajstić information content (AvgIpc) is 2.96. The maximum absolute atomic E-state index is 10.4. The predicted molar refractivity (Wildman–Crippen MR) is 154 cm³/mol. The fourth-order valence-corrected chi connectivity index (χ4v) is 3.17. The average molecular weight is 521 g/mol. The van der Waals surface area contributed by atoms with Crippen molar-refractivity contribution < 1.29 is 20.6 Å². The van der Waals surface area contributed by atoms with Gasteiger partial charge in [0.1, 0.15) is 18.9 Å². The largest absolute Gasteiger partial charge is 0.326 e. The quantitative estimate of drug-likeness (QED) is 0.361. The Balaban J connectivity index is -0.000000480. The zero-order valence-corrected chi connectivity index (χ0v) is 20.1. The number of carbonyl (C=O) groups is 4. The van der Waals surface area contributed by atoms with Crippen molar-refractivity contribution in [3.63, 3.8) is 0 Å². The van der Waals surface area contributed by atoms with Crippen LogP contribution in [0.3, 0.4) is 0 Å². The fourth-order valence-electron chi connectivity index (χ4n) is 3.17. The molecule has 204 valence electrons. The van der Waals surface area contributed by atoms with Crippen LogP contribution in [-0.4, -0.2) is 25.1 Å². The molecule has 3 aromatic carbocycles. The van der Waals surface area contributed by atoms with E-state index in [0.717, 1.165) is 19.0 Å². The first-order valence-electron chi connectivity index (χ1n) is 11.1. The van der Waals surface area contributed by atoms with Gasteiger partial charge in [-0.25, -0.2) is 0 Å². The molecule has 0 unspecified atom stereocenters. The second kappa shape index (κ2) is 19.8. The molecule has 0 heterocycles. The van der Waals surface area contributed by atoms with E-state index in [0.29, 0.717) is 53.5 Å². The molecule has 3 aromatic rings. The third-order valence-electron chi connectivity index (χ3n) is 5.22. The lowest BCUT2D eigenvalue weighted by Crippen LogP contribution is -2.03. The third kappa shape index (κ3) is 10.8. The number of nitrogens with zero attached hydrogens (tertiary/aromatic N) is 1. The van der Waals surface area contributed by atoms with Crippen molar-refractivity contribution in [2.24, 2.45) is 17.2 Å². The molecule has 0 bridgehead atoms. The number of nitrogens with two attached hydrogens (primary N) is 3. The first-order valence-corrected chi connectivity index (χ1v) is 11.1. The van der Waals surface area contributed by atoms with Crippen LogP contribution in [0.1, 0.15) is 92.5 Å². The highest BCUT2D eigenvalue weighted by Crippen LogP contribution is 2.12. The van der Waals surface area contributed by atoms with Gasteiger partial charge in [-0.2, -0.15) is 5.26 Å². The van der Waals surface area contributed by atoms with E-state index in [9.17, 15) is 19.2 Å². The predicted octanol–water partition coefficient (Wildman–Crippen LogP) is 4.64. The highest BCUT2D eigenvalue weighted by Gasteiger charge is 2.02. The van der Waals surface area contributed by atoms with Crippen LogP contribution in [-0.2, 0) is 26.1 Å². The summed E-state index contributed by atoms with van der Waals surface area (Å²) >= 11 is 0. The van der Waals surface area contributed by atoms with E-state index in [4.69, 9.17) is 22.5 Å². The summed E-state index contributed by atoms with van der Waals surface area (Å²) in [5, 5.41) is 8.54. The Bertz CT molecular complexity index is 1240. The summed E-state index contributed by atoms with van der Waals surface area (Å²) in [5.74, 6) is 0. The van der Waals surface area contributed by atoms with Crippen molar-refractivity contribution in [1.29, 1.82) is 5.26 Å². The van der Waals surface area contributed by atoms with Gasteiger partial charge in [0.05, 0.1) is 11.6 Å². The minimum atomic E-state index is 0. The van der Waals surface area contributed by atoms with Crippen LogP contribution >= 0.6 is 0 Å². The van der Waals surface area contributed by atoms with Gasteiger partial charge in [-0.3, -0.25) is 19.2 Å². The van der Waals surface area contributed by atoms with E-state index in [2.05, 4.69) is 19.1 Å². The second-order valence-electron chi connectivity index (χ2n) is 7.46. The molecule has 0 spiro atoms. The van der Waals surface area contributed by atoms with Gasteiger partial charge < -0.3 is 17.2 Å². The van der Waals surface area contributed by atoms with Crippen molar-refractivity contribution >= 4 is 25.1 Å². The smallest absolute Gasteiger partial charge is 0.151 e. The van der Waals surface area contributed by atoms with Gasteiger partial charge in [0.25, 0.3) is 0 Å². The van der Waals surface area contributed by atoms with Gasteiger partial charge in [-0.15, -0.1) is 0 Å². The van der Waals surface area contributed by atoms with E-state index in [-0.39, 0.29) is 28.4 Å². The Morgan fingerprint density at radius 1 is 0.684 bits per heavy atom. The number of hydrogen-bond acceptors (Lipinski definition) is 8. The standard InChI is InChI=1S/C10H16N2.C9H9NO2.C9H5NO2.2CH4.H2/c1-2-9-5-8(6-11)3-4-10(9)7-12;2*10-4-9-3-7(5-11)1-2-8(9)6-12;;;/h3-5H,2,6-7,11-12H2,1H3;1-3,5-6H,4,10H2;1-3,5-6H;2*1H4;1H.